The van der Waals surface area contributed by atoms with Crippen molar-refractivity contribution in [3.63, 3.8) is 0 Å². The molecule has 0 bridgehead atoms. The minimum Gasteiger partial charge on any atom is -0.508 e. The topological polar surface area (TPSA) is 108 Å². The molecule has 0 radical (unpaired) electrons. The summed E-state index contributed by atoms with van der Waals surface area (Å²) in [5.74, 6) is -0.544. The van der Waals surface area contributed by atoms with Gasteiger partial charge in [-0.25, -0.2) is 4.79 Å². The maximum Gasteiger partial charge on any atom is 0.347 e. The second-order valence-corrected chi connectivity index (χ2v) is 4.69. The van der Waals surface area contributed by atoms with Gasteiger partial charge in [-0.1, -0.05) is 0 Å². The van der Waals surface area contributed by atoms with E-state index in [1.165, 1.54) is 19.1 Å². The van der Waals surface area contributed by atoms with Crippen LogP contribution in [0.15, 0.2) is 27.4 Å². The van der Waals surface area contributed by atoms with Crippen LogP contribution in [0.5, 0.6) is 11.5 Å². The molecule has 0 aliphatic carbocycles. The number of hydrogen-bond acceptors (Lipinski definition) is 6. The van der Waals surface area contributed by atoms with Gasteiger partial charge in [-0.15, -0.1) is 0 Å². The fourth-order valence-electron chi connectivity index (χ4n) is 2.08. The molecule has 6 nitrogen and oxygen atoms in total. The van der Waals surface area contributed by atoms with Crippen molar-refractivity contribution in [1.82, 2.24) is 0 Å². The van der Waals surface area contributed by atoms with E-state index >= 15 is 0 Å². The van der Waals surface area contributed by atoms with E-state index in [2.05, 4.69) is 0 Å². The minimum atomic E-state index is -0.945. The molecule has 1 aromatic carbocycles. The second-order valence-electron chi connectivity index (χ2n) is 4.69. The Morgan fingerprint density at radius 3 is 2.65 bits per heavy atom. The van der Waals surface area contributed by atoms with Gasteiger partial charge in [-0.3, -0.25) is 4.79 Å². The number of Topliss-reactive ketones (excluding diaryl/α,β-unsaturated/α-hetero) is 1. The smallest absolute Gasteiger partial charge is 0.347 e. The predicted octanol–water partition coefficient (Wildman–Crippen LogP) is 1.09. The second kappa shape index (κ2) is 5.34. The molecule has 0 aliphatic rings. The molecule has 0 saturated carbocycles. The van der Waals surface area contributed by atoms with Crippen LogP contribution in [0.4, 0.5) is 0 Å². The van der Waals surface area contributed by atoms with E-state index in [9.17, 15) is 24.9 Å². The number of benzene rings is 1. The number of rotatable bonds is 4. The van der Waals surface area contributed by atoms with Crippen LogP contribution in [0, 0.1) is 0 Å². The number of aliphatic hydroxyl groups is 1. The zero-order chi connectivity index (χ0) is 14.9. The molecule has 1 aromatic heterocycles. The summed E-state index contributed by atoms with van der Waals surface area (Å²) >= 11 is 0. The van der Waals surface area contributed by atoms with E-state index in [0.717, 1.165) is 6.07 Å². The summed E-state index contributed by atoms with van der Waals surface area (Å²) in [6.07, 6.45) is -0.979. The number of fused-ring (bicyclic) bond motifs is 1. The van der Waals surface area contributed by atoms with Crippen LogP contribution in [0.1, 0.15) is 19.1 Å². The highest BCUT2D eigenvalue weighted by Crippen LogP contribution is 2.28. The zero-order valence-corrected chi connectivity index (χ0v) is 10.8. The van der Waals surface area contributed by atoms with Gasteiger partial charge in [-0.05, 0) is 24.4 Å². The van der Waals surface area contributed by atoms with Crippen molar-refractivity contribution in [2.75, 3.05) is 0 Å². The quantitative estimate of drug-likeness (QED) is 0.772. The number of phenolic OH excluding ortho intramolecular Hbond substituents is 2. The van der Waals surface area contributed by atoms with Gasteiger partial charge in [-0.2, -0.15) is 0 Å². The summed E-state index contributed by atoms with van der Waals surface area (Å²) in [6, 6.07) is 3.80. The van der Waals surface area contributed by atoms with Crippen molar-refractivity contribution in [3.05, 3.63) is 34.4 Å². The van der Waals surface area contributed by atoms with Crippen LogP contribution in [-0.4, -0.2) is 27.2 Å². The Hall–Kier alpha value is -2.34. The Balaban J connectivity index is 2.42. The van der Waals surface area contributed by atoms with Gasteiger partial charge >= 0.3 is 5.63 Å². The molecule has 0 aliphatic heterocycles. The molecule has 106 valence electrons. The lowest BCUT2D eigenvalue weighted by molar-refractivity contribution is -0.118. The van der Waals surface area contributed by atoms with E-state index in [1.54, 1.807) is 0 Å². The van der Waals surface area contributed by atoms with Crippen LogP contribution in [0.25, 0.3) is 10.8 Å². The summed E-state index contributed by atoms with van der Waals surface area (Å²) in [5, 5.41) is 29.0. The lowest BCUT2D eigenvalue weighted by atomic mass is 10.1. The van der Waals surface area contributed by atoms with Crippen LogP contribution in [-0.2, 0) is 11.2 Å². The van der Waals surface area contributed by atoms with E-state index in [4.69, 9.17) is 4.42 Å². The molecule has 3 N–H and O–H groups in total. The van der Waals surface area contributed by atoms with Crippen molar-refractivity contribution in [2.24, 2.45) is 0 Å². The maximum absolute atomic E-state index is 11.8. The summed E-state index contributed by atoms with van der Waals surface area (Å²) in [4.78, 5) is 22.7. The van der Waals surface area contributed by atoms with Gasteiger partial charge in [0.2, 0.25) is 0 Å². The molecular formula is C14H14O6. The molecule has 20 heavy (non-hydrogen) atoms. The fourth-order valence-corrected chi connectivity index (χ4v) is 2.08. The summed E-state index contributed by atoms with van der Waals surface area (Å²) in [7, 11) is 0. The standard InChI is InChI=1S/C14H14O6/c1-7(15)2-9(16)5-11-4-8-3-10(17)6-12(18)13(8)14(19)20-11/h3-4,6,9,16-18H,2,5H2,1H3/t9-/m0/s1. The Kier molecular flexibility index (Phi) is 3.76. The third-order valence-electron chi connectivity index (χ3n) is 2.84. The zero-order valence-electron chi connectivity index (χ0n) is 10.8. The third-order valence-corrected chi connectivity index (χ3v) is 2.84. The molecule has 6 heteroatoms. The number of phenols is 2. The normalized spacial score (nSPS) is 12.5. The minimum absolute atomic E-state index is 0.00117. The largest absolute Gasteiger partial charge is 0.508 e. The molecule has 1 heterocycles. The molecule has 0 saturated heterocycles. The van der Waals surface area contributed by atoms with Gasteiger partial charge in [0.1, 0.15) is 28.4 Å². The Morgan fingerprint density at radius 1 is 1.30 bits per heavy atom. The lowest BCUT2D eigenvalue weighted by Crippen LogP contribution is -2.15. The van der Waals surface area contributed by atoms with Crippen LogP contribution >= 0.6 is 0 Å². The highest BCUT2D eigenvalue weighted by Gasteiger charge is 2.14. The molecule has 2 aromatic rings. The molecule has 2 rings (SSSR count). The van der Waals surface area contributed by atoms with Gasteiger partial charge in [0.25, 0.3) is 0 Å². The van der Waals surface area contributed by atoms with E-state index in [1.807, 2.05) is 0 Å². The highest BCUT2D eigenvalue weighted by molar-refractivity contribution is 5.88. The first-order valence-electron chi connectivity index (χ1n) is 6.03. The average Bonchev–Trinajstić information content (AvgIpc) is 2.25. The van der Waals surface area contributed by atoms with E-state index < -0.39 is 11.7 Å². The number of hydrogen-bond donors (Lipinski definition) is 3. The third kappa shape index (κ3) is 2.97. The first kappa shape index (κ1) is 14.1. The predicted molar refractivity (Wildman–Crippen MR) is 70.8 cm³/mol. The molecule has 0 fully saturated rings. The number of aromatic hydroxyl groups is 2. The highest BCUT2D eigenvalue weighted by atomic mass is 16.4. The molecule has 1 atom stereocenters. The Morgan fingerprint density at radius 2 is 2.00 bits per heavy atom. The molecular weight excluding hydrogens is 264 g/mol. The van der Waals surface area contributed by atoms with E-state index in [0.29, 0.717) is 5.39 Å². The Labute approximate surface area is 113 Å². The van der Waals surface area contributed by atoms with Gasteiger partial charge in [0.15, 0.2) is 0 Å². The van der Waals surface area contributed by atoms with Crippen LogP contribution < -0.4 is 5.63 Å². The first-order valence-corrected chi connectivity index (χ1v) is 6.03. The number of aliphatic hydroxyl groups excluding tert-OH is 1. The molecule has 0 unspecified atom stereocenters. The summed E-state index contributed by atoms with van der Waals surface area (Å²) < 4.78 is 4.99. The molecule has 0 spiro atoms. The maximum atomic E-state index is 11.8. The van der Waals surface area contributed by atoms with Crippen LogP contribution in [0.2, 0.25) is 0 Å². The fraction of sp³-hybridized carbons (Fsp3) is 0.286. The van der Waals surface area contributed by atoms with Crippen molar-refractivity contribution in [1.29, 1.82) is 0 Å². The van der Waals surface area contributed by atoms with Crippen LogP contribution in [0.3, 0.4) is 0 Å². The molecule has 0 amide bonds. The first-order chi connectivity index (χ1) is 9.36. The van der Waals surface area contributed by atoms with Crippen molar-refractivity contribution in [2.45, 2.75) is 25.9 Å². The number of carbonyl (C=O) groups excluding carboxylic acids is 1. The monoisotopic (exact) mass is 278 g/mol. The van der Waals surface area contributed by atoms with Gasteiger partial charge in [0, 0.05) is 18.9 Å². The summed E-state index contributed by atoms with van der Waals surface area (Å²) in [6.45, 7) is 1.36. The van der Waals surface area contributed by atoms with Gasteiger partial charge in [0.05, 0.1) is 6.10 Å². The number of ketones is 1. The summed E-state index contributed by atoms with van der Waals surface area (Å²) in [5.41, 5.74) is -0.759. The SMILES string of the molecule is CC(=O)C[C@H](O)Cc1cc2cc(O)cc(O)c2c(=O)o1. The van der Waals surface area contributed by atoms with Crippen molar-refractivity contribution in [3.8, 4) is 11.5 Å². The number of carbonyl (C=O) groups is 1. The lowest BCUT2D eigenvalue weighted by Gasteiger charge is -2.08. The Bertz CT molecular complexity index is 715. The van der Waals surface area contributed by atoms with Crippen molar-refractivity contribution < 1.29 is 24.5 Å². The average molecular weight is 278 g/mol. The van der Waals surface area contributed by atoms with Crippen molar-refractivity contribution >= 4 is 16.6 Å². The van der Waals surface area contributed by atoms with Gasteiger partial charge < -0.3 is 19.7 Å². The van der Waals surface area contributed by atoms with E-state index in [-0.39, 0.29) is 41.3 Å².